The van der Waals surface area contributed by atoms with Crippen LogP contribution in [0.5, 0.6) is 0 Å². The second-order valence-corrected chi connectivity index (χ2v) is 9.10. The fourth-order valence-electron chi connectivity index (χ4n) is 4.49. The molecule has 1 aliphatic heterocycles. The monoisotopic (exact) mass is 463 g/mol. The number of hydrogen-bond acceptors (Lipinski definition) is 6. The van der Waals surface area contributed by atoms with Crippen LogP contribution in [0, 0.1) is 0 Å². The molecule has 4 N–H and O–H groups in total. The summed E-state index contributed by atoms with van der Waals surface area (Å²) in [6.45, 7) is 0.434. The Hall–Kier alpha value is -2.20. The highest BCUT2D eigenvalue weighted by Crippen LogP contribution is 2.37. The van der Waals surface area contributed by atoms with Gasteiger partial charge in [0.25, 0.3) is 0 Å². The van der Waals surface area contributed by atoms with Gasteiger partial charge in [0.05, 0.1) is 24.9 Å². The number of benzene rings is 1. The number of carbonyl (C=O) groups is 1. The number of anilines is 1. The first-order valence-electron chi connectivity index (χ1n) is 11.2. The number of urea groups is 1. The summed E-state index contributed by atoms with van der Waals surface area (Å²) in [6, 6.07) is 6.22. The Morgan fingerprint density at radius 2 is 2.00 bits per heavy atom. The minimum absolute atomic E-state index is 0.0493. The van der Waals surface area contributed by atoms with Gasteiger partial charge in [-0.1, -0.05) is 29.7 Å². The van der Waals surface area contributed by atoms with E-state index in [2.05, 4.69) is 20.9 Å². The van der Waals surface area contributed by atoms with Gasteiger partial charge in [0, 0.05) is 17.3 Å². The smallest absolute Gasteiger partial charge is 0.319 e. The maximum atomic E-state index is 12.3. The average molecular weight is 464 g/mol. The van der Waals surface area contributed by atoms with Gasteiger partial charge in [0.2, 0.25) is 0 Å². The van der Waals surface area contributed by atoms with Crippen molar-refractivity contribution in [1.82, 2.24) is 20.3 Å². The van der Waals surface area contributed by atoms with E-state index < -0.39 is 11.7 Å². The van der Waals surface area contributed by atoms with Gasteiger partial charge in [-0.2, -0.15) is 0 Å². The molecule has 2 aliphatic rings. The fourth-order valence-corrected chi connectivity index (χ4v) is 4.62. The molecule has 0 bridgehead atoms. The van der Waals surface area contributed by atoms with Crippen molar-refractivity contribution in [3.63, 3.8) is 0 Å². The van der Waals surface area contributed by atoms with E-state index in [1.165, 1.54) is 0 Å². The minimum atomic E-state index is -0.840. The number of aliphatic hydroxyl groups is 2. The molecule has 174 valence electrons. The van der Waals surface area contributed by atoms with Crippen LogP contribution in [0.1, 0.15) is 50.6 Å². The zero-order valence-electron chi connectivity index (χ0n) is 17.9. The first-order chi connectivity index (χ1) is 15.4. The minimum Gasteiger partial charge on any atom is -0.394 e. The first kappa shape index (κ1) is 23.0. The quantitative estimate of drug-likeness (QED) is 0.501. The number of halogens is 1. The van der Waals surface area contributed by atoms with Crippen molar-refractivity contribution in [3.8, 4) is 0 Å². The summed E-state index contributed by atoms with van der Waals surface area (Å²) in [7, 11) is 0. The number of hydrogen-bond donors (Lipinski definition) is 4. The molecule has 10 heteroatoms. The predicted molar refractivity (Wildman–Crippen MR) is 119 cm³/mol. The summed E-state index contributed by atoms with van der Waals surface area (Å²) in [5, 5.41) is 35.0. The summed E-state index contributed by atoms with van der Waals surface area (Å²) < 4.78 is 7.79. The number of ether oxygens (including phenoxy) is 1. The Bertz CT molecular complexity index is 900. The van der Waals surface area contributed by atoms with Crippen LogP contribution in [-0.4, -0.2) is 56.1 Å². The van der Waals surface area contributed by atoms with Gasteiger partial charge in [-0.3, -0.25) is 4.68 Å². The van der Waals surface area contributed by atoms with Crippen LogP contribution in [0.3, 0.4) is 0 Å². The van der Waals surface area contributed by atoms with Gasteiger partial charge in [-0.15, -0.1) is 5.10 Å². The number of aliphatic hydroxyl groups excluding tert-OH is 1. The predicted octanol–water partition coefficient (Wildman–Crippen LogP) is 2.81. The third-order valence-corrected chi connectivity index (χ3v) is 6.59. The summed E-state index contributed by atoms with van der Waals surface area (Å²) >= 11 is 5.86. The summed E-state index contributed by atoms with van der Waals surface area (Å²) in [6.07, 6.45) is 6.95. The van der Waals surface area contributed by atoms with E-state index in [1.807, 2.05) is 6.20 Å². The summed E-state index contributed by atoms with van der Waals surface area (Å²) in [5.74, 6) is 0. The molecule has 0 radical (unpaired) electrons. The molecule has 0 unspecified atom stereocenters. The molecule has 1 aromatic heterocycles. The van der Waals surface area contributed by atoms with Crippen molar-refractivity contribution in [2.45, 2.75) is 75.3 Å². The molecular formula is C22H30ClN5O4. The molecule has 4 rings (SSSR count). The molecular weight excluding hydrogens is 434 g/mol. The van der Waals surface area contributed by atoms with E-state index in [0.29, 0.717) is 35.8 Å². The summed E-state index contributed by atoms with van der Waals surface area (Å²) in [4.78, 5) is 12.3. The van der Waals surface area contributed by atoms with Crippen molar-refractivity contribution < 1.29 is 19.7 Å². The normalized spacial score (nSPS) is 24.9. The Kier molecular flexibility index (Phi) is 7.30. The van der Waals surface area contributed by atoms with Gasteiger partial charge in [0.1, 0.15) is 17.4 Å². The Labute approximate surface area is 192 Å². The number of nitrogens with one attached hydrogen (secondary N) is 2. The lowest BCUT2D eigenvalue weighted by Crippen LogP contribution is -2.52. The molecule has 2 heterocycles. The largest absolute Gasteiger partial charge is 0.394 e. The highest BCUT2D eigenvalue weighted by atomic mass is 35.5. The van der Waals surface area contributed by atoms with E-state index in [1.54, 1.807) is 28.9 Å². The van der Waals surface area contributed by atoms with E-state index in [-0.39, 0.29) is 24.8 Å². The molecule has 32 heavy (non-hydrogen) atoms. The fraction of sp³-hybridized carbons (Fsp3) is 0.591. The molecule has 2 aromatic rings. The van der Waals surface area contributed by atoms with Crippen LogP contribution < -0.4 is 10.6 Å². The zero-order chi connectivity index (χ0) is 22.6. The van der Waals surface area contributed by atoms with Crippen LogP contribution in [0.2, 0.25) is 5.02 Å². The standard InChI is InChI=1S/C22H30ClN5O4/c23-15-3-5-16(6-4-15)24-21(30)25-18-8-7-17(32-19(18)14-29)9-12-28-13-20(26-27-28)22(31)10-1-2-11-22/h3-6,13,17-19,29,31H,1-2,7-12,14H2,(H2,24,25,30)/t17-,18+,19+/m1/s1. The highest BCUT2D eigenvalue weighted by molar-refractivity contribution is 6.30. The number of rotatable bonds is 7. The van der Waals surface area contributed by atoms with Crippen molar-refractivity contribution in [1.29, 1.82) is 0 Å². The Balaban J connectivity index is 1.25. The van der Waals surface area contributed by atoms with Crippen molar-refractivity contribution in [2.24, 2.45) is 0 Å². The topological polar surface area (TPSA) is 122 Å². The maximum Gasteiger partial charge on any atom is 0.319 e. The number of amides is 2. The van der Waals surface area contributed by atoms with Crippen LogP contribution in [-0.2, 0) is 16.9 Å². The number of carbonyl (C=O) groups excluding carboxylic acids is 1. The van der Waals surface area contributed by atoms with Gasteiger partial charge >= 0.3 is 6.03 Å². The molecule has 1 aliphatic carbocycles. The van der Waals surface area contributed by atoms with Crippen LogP contribution in [0.25, 0.3) is 0 Å². The van der Waals surface area contributed by atoms with E-state index in [4.69, 9.17) is 16.3 Å². The molecule has 0 spiro atoms. The molecule has 1 aromatic carbocycles. The second kappa shape index (κ2) is 10.2. The SMILES string of the molecule is O=C(Nc1ccc(Cl)cc1)N[C@H]1CC[C@H](CCn2cc(C3(O)CCCC3)nn2)O[C@H]1CO. The van der Waals surface area contributed by atoms with E-state index >= 15 is 0 Å². The van der Waals surface area contributed by atoms with Crippen LogP contribution >= 0.6 is 11.6 Å². The summed E-state index contributed by atoms with van der Waals surface area (Å²) in [5.41, 5.74) is 0.438. The van der Waals surface area contributed by atoms with Crippen molar-refractivity contribution in [2.75, 3.05) is 11.9 Å². The van der Waals surface area contributed by atoms with E-state index in [0.717, 1.165) is 32.1 Å². The number of aryl methyl sites for hydroxylation is 1. The van der Waals surface area contributed by atoms with Gasteiger partial charge in [0.15, 0.2) is 0 Å². The number of nitrogens with zero attached hydrogens (tertiary/aromatic N) is 3. The Morgan fingerprint density at radius 1 is 1.25 bits per heavy atom. The second-order valence-electron chi connectivity index (χ2n) is 8.66. The zero-order valence-corrected chi connectivity index (χ0v) is 18.7. The molecule has 9 nitrogen and oxygen atoms in total. The van der Waals surface area contributed by atoms with Crippen molar-refractivity contribution in [3.05, 3.63) is 41.2 Å². The van der Waals surface area contributed by atoms with Crippen LogP contribution in [0.15, 0.2) is 30.5 Å². The highest BCUT2D eigenvalue weighted by Gasteiger charge is 2.36. The van der Waals surface area contributed by atoms with Crippen molar-refractivity contribution >= 4 is 23.3 Å². The average Bonchev–Trinajstić information content (AvgIpc) is 3.45. The number of aromatic nitrogens is 3. The third-order valence-electron chi connectivity index (χ3n) is 6.34. The third kappa shape index (κ3) is 5.58. The molecule has 2 amide bonds. The molecule has 1 saturated heterocycles. The Morgan fingerprint density at radius 3 is 2.72 bits per heavy atom. The van der Waals surface area contributed by atoms with Gasteiger partial charge in [-0.05, 0) is 56.4 Å². The first-order valence-corrected chi connectivity index (χ1v) is 11.6. The lowest BCUT2D eigenvalue weighted by molar-refractivity contribution is -0.0905. The van der Waals surface area contributed by atoms with E-state index in [9.17, 15) is 15.0 Å². The maximum absolute atomic E-state index is 12.3. The van der Waals surface area contributed by atoms with Crippen LogP contribution in [0.4, 0.5) is 10.5 Å². The lowest BCUT2D eigenvalue weighted by Gasteiger charge is -2.36. The molecule has 3 atom stereocenters. The molecule has 1 saturated carbocycles. The lowest BCUT2D eigenvalue weighted by atomic mass is 9.97. The van der Waals surface area contributed by atoms with Gasteiger partial charge < -0.3 is 25.6 Å². The van der Waals surface area contributed by atoms with Gasteiger partial charge in [-0.25, -0.2) is 4.79 Å². The molecule has 2 fully saturated rings.